The van der Waals surface area contributed by atoms with Gasteiger partial charge in [-0.2, -0.15) is 26.3 Å². The molecule has 6 aromatic rings. The summed E-state index contributed by atoms with van der Waals surface area (Å²) in [5, 5.41) is 35.1. The van der Waals surface area contributed by atoms with Crippen LogP contribution in [0.15, 0.2) is 82.4 Å². The van der Waals surface area contributed by atoms with E-state index in [0.717, 1.165) is 24.3 Å². The molecule has 2 unspecified atom stereocenters. The predicted molar refractivity (Wildman–Crippen MR) is 256 cm³/mol. The van der Waals surface area contributed by atoms with Gasteiger partial charge in [-0.15, -0.1) is 0 Å². The van der Waals surface area contributed by atoms with Gasteiger partial charge in [-0.25, -0.2) is 9.69 Å². The predicted octanol–water partition coefficient (Wildman–Crippen LogP) is 7.52. The second-order valence-electron chi connectivity index (χ2n) is 18.1. The SMILES string of the molecule is [C-]#[N+]c1cc2c3c(c1)c(O)c(C(=O)NCC(=O)O)c(=O)n3C(c1ccc(C(F)(F)F)cc1)CN2C.[C-]#[N+]c1cc2c3c(c1)c(O)c(C(=O)NCC(=O)OC(C)(C)C)c(=O)n3C(c1ccc(C(F)(F)F)cc1)CN2C. The summed E-state index contributed by atoms with van der Waals surface area (Å²) in [6.07, 6.45) is -9.10. The van der Waals surface area contributed by atoms with E-state index in [1.165, 1.54) is 57.7 Å². The molecule has 0 saturated heterocycles. The van der Waals surface area contributed by atoms with Crippen LogP contribution in [0.25, 0.3) is 31.5 Å². The van der Waals surface area contributed by atoms with Crippen molar-refractivity contribution in [3.05, 3.63) is 150 Å². The van der Waals surface area contributed by atoms with Gasteiger partial charge in [0.2, 0.25) is 0 Å². The van der Waals surface area contributed by atoms with E-state index in [9.17, 15) is 65.3 Å². The van der Waals surface area contributed by atoms with Gasteiger partial charge in [-0.1, -0.05) is 24.3 Å². The summed E-state index contributed by atoms with van der Waals surface area (Å²) in [6.45, 7) is 18.6. The molecule has 18 nitrogen and oxygen atoms in total. The number of carboxylic acid groups (broad SMARTS) is 1. The van der Waals surface area contributed by atoms with Crippen LogP contribution in [-0.4, -0.2) is 94.1 Å². The molecular formula is C50H42F6N8O10. The molecule has 2 atom stereocenters. The lowest BCUT2D eigenvalue weighted by atomic mass is 9.97. The fraction of sp³-hybridized carbons (Fsp3) is 0.280. The highest BCUT2D eigenvalue weighted by atomic mass is 19.4. The quantitative estimate of drug-likeness (QED) is 0.0568. The number of ether oxygens (including phenoxy) is 1. The number of carbonyl (C=O) groups excluding carboxylic acids is 3. The highest BCUT2D eigenvalue weighted by Crippen LogP contribution is 2.44. The van der Waals surface area contributed by atoms with Gasteiger partial charge in [0.05, 0.1) is 58.8 Å². The number of hydrogen-bond acceptors (Lipinski definition) is 11. The van der Waals surface area contributed by atoms with Gasteiger partial charge in [-0.3, -0.25) is 37.9 Å². The van der Waals surface area contributed by atoms with Crippen molar-refractivity contribution in [2.24, 2.45) is 0 Å². The lowest BCUT2D eigenvalue weighted by molar-refractivity contribution is -0.153. The zero-order valence-corrected chi connectivity index (χ0v) is 39.6. The maximum absolute atomic E-state index is 13.8. The van der Waals surface area contributed by atoms with Gasteiger partial charge in [0.15, 0.2) is 11.4 Å². The van der Waals surface area contributed by atoms with Gasteiger partial charge in [0, 0.05) is 38.0 Å². The number of esters is 1. The number of likely N-dealkylation sites (N-methyl/N-ethyl adjacent to an activating group) is 2. The van der Waals surface area contributed by atoms with E-state index < -0.39 is 112 Å². The van der Waals surface area contributed by atoms with E-state index in [-0.39, 0.29) is 46.3 Å². The molecule has 0 bridgehead atoms. The number of rotatable bonds is 8. The van der Waals surface area contributed by atoms with Crippen LogP contribution < -0.4 is 31.6 Å². The first-order valence-electron chi connectivity index (χ1n) is 22.0. The zero-order chi connectivity index (χ0) is 54.5. The van der Waals surface area contributed by atoms with Crippen molar-refractivity contribution in [1.29, 1.82) is 0 Å². The Bertz CT molecular complexity index is 3520. The second-order valence-corrected chi connectivity index (χ2v) is 18.1. The van der Waals surface area contributed by atoms with Crippen LogP contribution in [0.4, 0.5) is 49.1 Å². The van der Waals surface area contributed by atoms with E-state index in [1.54, 1.807) is 44.7 Å². The third-order valence-corrected chi connectivity index (χ3v) is 12.0. The molecule has 384 valence electrons. The number of amides is 2. The molecule has 0 fully saturated rings. The first-order chi connectivity index (χ1) is 34.6. The molecule has 4 aromatic carbocycles. The standard InChI is InChI=1S/C27H25F3N4O5.C23H17F3N4O5/c1-26(2,3)39-20(35)12-32-24(37)21-23(36)17-10-16(31-4)11-18-22(17)34(25(21)38)19(13-33(18)5)14-6-8-15(9-7-14)27(28,29)30;1-27-13-7-14-19-15(8-13)29(2)10-16(11-3-5-12(6-4-11)23(24,25)26)30(19)22(35)18(20(14)33)21(34)28-9-17(31)32/h6-11,19,36H,12-13H2,1-3,5H3,(H,32,37);3-8,16,33H,9-10H2,2H3,(H,28,34)(H,31,32). The van der Waals surface area contributed by atoms with Crippen molar-refractivity contribution >= 4 is 68.3 Å². The van der Waals surface area contributed by atoms with Gasteiger partial charge >= 0.3 is 24.3 Å². The molecule has 74 heavy (non-hydrogen) atoms. The molecule has 2 amide bonds. The number of halogens is 6. The molecule has 0 aliphatic carbocycles. The molecule has 2 aromatic heterocycles. The summed E-state index contributed by atoms with van der Waals surface area (Å²) >= 11 is 0. The fourth-order valence-corrected chi connectivity index (χ4v) is 8.75. The first kappa shape index (κ1) is 52.8. The fourth-order valence-electron chi connectivity index (χ4n) is 8.75. The molecule has 0 saturated carbocycles. The number of pyridine rings is 2. The van der Waals surface area contributed by atoms with Crippen LogP contribution in [0.1, 0.15) is 75.8 Å². The van der Waals surface area contributed by atoms with Crippen molar-refractivity contribution in [2.75, 3.05) is 50.1 Å². The first-order valence-corrected chi connectivity index (χ1v) is 22.0. The zero-order valence-electron chi connectivity index (χ0n) is 39.6. The molecule has 2 aliphatic heterocycles. The molecule has 24 heteroatoms. The number of aromatic nitrogens is 2. The Kier molecular flexibility index (Phi) is 13.9. The van der Waals surface area contributed by atoms with Crippen molar-refractivity contribution in [3.8, 4) is 11.5 Å². The van der Waals surface area contributed by atoms with Gasteiger partial charge in [0.1, 0.15) is 41.3 Å². The molecule has 5 N–H and O–H groups in total. The Morgan fingerprint density at radius 2 is 1.01 bits per heavy atom. The smallest absolute Gasteiger partial charge is 0.416 e. The number of anilines is 2. The van der Waals surface area contributed by atoms with Crippen LogP contribution in [-0.2, 0) is 26.7 Å². The third kappa shape index (κ3) is 10.2. The Labute approximate surface area is 414 Å². The molecule has 0 spiro atoms. The minimum Gasteiger partial charge on any atom is -0.506 e. The lowest BCUT2D eigenvalue weighted by Crippen LogP contribution is -2.42. The Hall–Kier alpha value is -9.06. The minimum atomic E-state index is -4.55. The summed E-state index contributed by atoms with van der Waals surface area (Å²) in [4.78, 5) is 86.2. The van der Waals surface area contributed by atoms with Crippen LogP contribution >= 0.6 is 0 Å². The van der Waals surface area contributed by atoms with Crippen molar-refractivity contribution in [2.45, 2.75) is 50.8 Å². The van der Waals surface area contributed by atoms with E-state index in [4.69, 9.17) is 23.0 Å². The minimum absolute atomic E-state index is 0.00274. The van der Waals surface area contributed by atoms with Gasteiger partial charge in [0.25, 0.3) is 22.9 Å². The van der Waals surface area contributed by atoms with E-state index in [2.05, 4.69) is 15.0 Å². The summed E-state index contributed by atoms with van der Waals surface area (Å²) in [5.41, 5.74) is -3.60. The third-order valence-electron chi connectivity index (χ3n) is 12.0. The highest BCUT2D eigenvalue weighted by molar-refractivity contribution is 6.08. The molecule has 4 heterocycles. The van der Waals surface area contributed by atoms with Crippen LogP contribution in [0.3, 0.4) is 0 Å². The highest BCUT2D eigenvalue weighted by Gasteiger charge is 2.37. The monoisotopic (exact) mass is 1030 g/mol. The summed E-state index contributed by atoms with van der Waals surface area (Å²) < 4.78 is 86.2. The largest absolute Gasteiger partial charge is 0.506 e. The normalized spacial score (nSPS) is 15.1. The van der Waals surface area contributed by atoms with Gasteiger partial charge < -0.3 is 40.5 Å². The molecule has 8 rings (SSSR count). The number of aromatic hydroxyl groups is 2. The average Bonchev–Trinajstić information content (AvgIpc) is 3.33. The average molecular weight is 1030 g/mol. The van der Waals surface area contributed by atoms with Crippen molar-refractivity contribution < 1.29 is 65.6 Å². The van der Waals surface area contributed by atoms with E-state index >= 15 is 0 Å². The number of alkyl halides is 6. The number of benzene rings is 4. The summed E-state index contributed by atoms with van der Waals surface area (Å²) in [7, 11) is 3.35. The Balaban J connectivity index is 0.000000217. The maximum atomic E-state index is 13.8. The number of carboxylic acids is 1. The second kappa shape index (κ2) is 19.5. The van der Waals surface area contributed by atoms with Crippen LogP contribution in [0.5, 0.6) is 11.5 Å². The topological polar surface area (TPSA) is 221 Å². The van der Waals surface area contributed by atoms with Crippen LogP contribution in [0.2, 0.25) is 0 Å². The molecule has 2 aliphatic rings. The number of nitrogens with one attached hydrogen (secondary N) is 2. The lowest BCUT2D eigenvalue weighted by Gasteiger charge is -2.36. The van der Waals surface area contributed by atoms with E-state index in [1.807, 2.05) is 5.32 Å². The van der Waals surface area contributed by atoms with Crippen LogP contribution in [0, 0.1) is 13.1 Å². The van der Waals surface area contributed by atoms with E-state index in [0.29, 0.717) is 22.5 Å². The number of aliphatic carboxylic acids is 1. The summed E-state index contributed by atoms with van der Waals surface area (Å²) in [5.74, 6) is -5.73. The number of nitrogens with zero attached hydrogens (tertiary/aromatic N) is 6. The number of carbonyl (C=O) groups is 4. The van der Waals surface area contributed by atoms with Crippen molar-refractivity contribution in [1.82, 2.24) is 19.8 Å². The number of hydrogen-bond donors (Lipinski definition) is 5. The van der Waals surface area contributed by atoms with Gasteiger partial charge in [-0.05, 0) is 80.4 Å². The maximum Gasteiger partial charge on any atom is 0.416 e. The Morgan fingerprint density at radius 3 is 1.34 bits per heavy atom. The molecular weight excluding hydrogens is 987 g/mol. The molecule has 0 radical (unpaired) electrons. The van der Waals surface area contributed by atoms with Crippen molar-refractivity contribution in [3.63, 3.8) is 0 Å². The summed E-state index contributed by atoms with van der Waals surface area (Å²) in [6, 6.07) is 12.5. The Morgan fingerprint density at radius 1 is 0.649 bits per heavy atom.